The second kappa shape index (κ2) is 8.58. The molecule has 2 heterocycles. The minimum Gasteiger partial charge on any atom is -0.494 e. The van der Waals surface area contributed by atoms with E-state index in [1.807, 2.05) is 19.1 Å². The summed E-state index contributed by atoms with van der Waals surface area (Å²) < 4.78 is 11.2. The van der Waals surface area contributed by atoms with E-state index in [1.54, 1.807) is 11.3 Å². The SMILES string of the molecule is CCOc1ccc(-c2nc(CNCC3CN(C)CCO3)cs2)cc1. The Balaban J connectivity index is 1.50. The molecule has 1 saturated heterocycles. The topological polar surface area (TPSA) is 46.6 Å². The van der Waals surface area contributed by atoms with Crippen LogP contribution in [0, 0.1) is 0 Å². The summed E-state index contributed by atoms with van der Waals surface area (Å²) in [5.41, 5.74) is 2.21. The van der Waals surface area contributed by atoms with Gasteiger partial charge in [-0.3, -0.25) is 0 Å². The molecule has 0 radical (unpaired) electrons. The monoisotopic (exact) mass is 347 g/mol. The van der Waals surface area contributed by atoms with Gasteiger partial charge >= 0.3 is 0 Å². The Morgan fingerprint density at radius 2 is 2.21 bits per heavy atom. The average molecular weight is 347 g/mol. The highest BCUT2D eigenvalue weighted by atomic mass is 32.1. The van der Waals surface area contributed by atoms with Crippen LogP contribution in [0.3, 0.4) is 0 Å². The molecule has 1 N–H and O–H groups in total. The van der Waals surface area contributed by atoms with Gasteiger partial charge in [-0.2, -0.15) is 0 Å². The Hall–Kier alpha value is -1.47. The molecule has 0 saturated carbocycles. The molecule has 1 aliphatic heterocycles. The van der Waals surface area contributed by atoms with Gasteiger partial charge < -0.3 is 19.7 Å². The average Bonchev–Trinajstić information content (AvgIpc) is 3.05. The molecule has 0 aliphatic carbocycles. The molecule has 0 amide bonds. The van der Waals surface area contributed by atoms with E-state index in [-0.39, 0.29) is 6.10 Å². The molecular formula is C18H25N3O2S. The van der Waals surface area contributed by atoms with Crippen LogP contribution in [0.15, 0.2) is 29.6 Å². The third kappa shape index (κ3) is 4.77. The molecule has 0 spiro atoms. The summed E-state index contributed by atoms with van der Waals surface area (Å²) in [5.74, 6) is 0.900. The molecular weight excluding hydrogens is 322 g/mol. The van der Waals surface area contributed by atoms with E-state index in [1.165, 1.54) is 0 Å². The van der Waals surface area contributed by atoms with Gasteiger partial charge in [-0.05, 0) is 38.2 Å². The lowest BCUT2D eigenvalue weighted by atomic mass is 10.2. The predicted octanol–water partition coefficient (Wildman–Crippen LogP) is 2.63. The summed E-state index contributed by atoms with van der Waals surface area (Å²) in [7, 11) is 2.14. The van der Waals surface area contributed by atoms with Crippen LogP contribution in [0.4, 0.5) is 0 Å². The lowest BCUT2D eigenvalue weighted by Crippen LogP contribution is -2.44. The fourth-order valence-electron chi connectivity index (χ4n) is 2.73. The number of ether oxygens (including phenoxy) is 2. The zero-order chi connectivity index (χ0) is 16.8. The molecule has 2 aromatic rings. The predicted molar refractivity (Wildman–Crippen MR) is 97.7 cm³/mol. The van der Waals surface area contributed by atoms with Crippen molar-refractivity contribution in [2.45, 2.75) is 19.6 Å². The van der Waals surface area contributed by atoms with Gasteiger partial charge in [-0.15, -0.1) is 11.3 Å². The Labute approximate surface area is 147 Å². The van der Waals surface area contributed by atoms with Crippen LogP contribution in [-0.4, -0.2) is 55.9 Å². The van der Waals surface area contributed by atoms with E-state index in [2.05, 4.69) is 34.8 Å². The number of aromatic nitrogens is 1. The molecule has 3 rings (SSSR count). The lowest BCUT2D eigenvalue weighted by molar-refractivity contribution is -0.0182. The van der Waals surface area contributed by atoms with Crippen LogP contribution in [0.1, 0.15) is 12.6 Å². The number of thiazole rings is 1. The highest BCUT2D eigenvalue weighted by Crippen LogP contribution is 2.25. The van der Waals surface area contributed by atoms with Gasteiger partial charge in [-0.25, -0.2) is 4.98 Å². The first-order chi connectivity index (χ1) is 11.7. The van der Waals surface area contributed by atoms with Crippen molar-refractivity contribution in [1.82, 2.24) is 15.2 Å². The lowest BCUT2D eigenvalue weighted by Gasteiger charge is -2.30. The molecule has 5 nitrogen and oxygen atoms in total. The van der Waals surface area contributed by atoms with Crippen LogP contribution in [0.25, 0.3) is 10.6 Å². The number of hydrogen-bond acceptors (Lipinski definition) is 6. The fourth-order valence-corrected chi connectivity index (χ4v) is 3.56. The summed E-state index contributed by atoms with van der Waals surface area (Å²) in [6.07, 6.45) is 0.271. The zero-order valence-corrected chi connectivity index (χ0v) is 15.1. The van der Waals surface area contributed by atoms with E-state index in [0.717, 1.165) is 54.8 Å². The summed E-state index contributed by atoms with van der Waals surface area (Å²) in [6, 6.07) is 8.11. The summed E-state index contributed by atoms with van der Waals surface area (Å²) in [6.45, 7) is 7.14. The van der Waals surface area contributed by atoms with Crippen molar-refractivity contribution in [2.24, 2.45) is 0 Å². The summed E-state index contributed by atoms with van der Waals surface area (Å²) in [4.78, 5) is 7.03. The Morgan fingerprint density at radius 3 is 2.96 bits per heavy atom. The fraction of sp³-hybridized carbons (Fsp3) is 0.500. The van der Waals surface area contributed by atoms with Gasteiger partial charge in [0.1, 0.15) is 10.8 Å². The Bertz CT molecular complexity index is 629. The highest BCUT2D eigenvalue weighted by molar-refractivity contribution is 7.13. The second-order valence-corrected chi connectivity index (χ2v) is 6.85. The van der Waals surface area contributed by atoms with E-state index in [0.29, 0.717) is 6.61 Å². The van der Waals surface area contributed by atoms with Crippen LogP contribution in [0.2, 0.25) is 0 Å². The van der Waals surface area contributed by atoms with E-state index >= 15 is 0 Å². The third-order valence-electron chi connectivity index (χ3n) is 3.98. The molecule has 1 fully saturated rings. The number of rotatable bonds is 7. The number of nitrogens with one attached hydrogen (secondary N) is 1. The van der Waals surface area contributed by atoms with Crippen molar-refractivity contribution >= 4 is 11.3 Å². The normalized spacial score (nSPS) is 18.7. The summed E-state index contributed by atoms with van der Waals surface area (Å²) in [5, 5.41) is 6.62. The smallest absolute Gasteiger partial charge is 0.123 e. The Morgan fingerprint density at radius 1 is 1.38 bits per heavy atom. The number of benzene rings is 1. The first-order valence-electron chi connectivity index (χ1n) is 8.43. The molecule has 1 unspecified atom stereocenters. The van der Waals surface area contributed by atoms with Gasteiger partial charge in [0.15, 0.2) is 0 Å². The van der Waals surface area contributed by atoms with Gasteiger partial charge in [0.05, 0.1) is 25.0 Å². The molecule has 1 aromatic heterocycles. The van der Waals surface area contributed by atoms with Crippen molar-refractivity contribution < 1.29 is 9.47 Å². The van der Waals surface area contributed by atoms with Crippen LogP contribution in [0.5, 0.6) is 5.75 Å². The molecule has 130 valence electrons. The van der Waals surface area contributed by atoms with Gasteiger partial charge in [-0.1, -0.05) is 0 Å². The van der Waals surface area contributed by atoms with E-state index in [9.17, 15) is 0 Å². The van der Waals surface area contributed by atoms with Crippen molar-refractivity contribution in [3.8, 4) is 16.3 Å². The van der Waals surface area contributed by atoms with Crippen molar-refractivity contribution in [2.75, 3.05) is 39.9 Å². The number of nitrogens with zero attached hydrogens (tertiary/aromatic N) is 2. The number of hydrogen-bond donors (Lipinski definition) is 1. The third-order valence-corrected chi connectivity index (χ3v) is 4.92. The van der Waals surface area contributed by atoms with Gasteiger partial charge in [0.25, 0.3) is 0 Å². The van der Waals surface area contributed by atoms with E-state index in [4.69, 9.17) is 14.5 Å². The van der Waals surface area contributed by atoms with Crippen LogP contribution >= 0.6 is 11.3 Å². The molecule has 24 heavy (non-hydrogen) atoms. The van der Waals surface area contributed by atoms with Crippen molar-refractivity contribution in [1.29, 1.82) is 0 Å². The maximum atomic E-state index is 5.76. The maximum Gasteiger partial charge on any atom is 0.123 e. The summed E-state index contributed by atoms with van der Waals surface area (Å²) >= 11 is 1.68. The van der Waals surface area contributed by atoms with Gasteiger partial charge in [0, 0.05) is 37.1 Å². The Kier molecular flexibility index (Phi) is 6.20. The number of morpholine rings is 1. The largest absolute Gasteiger partial charge is 0.494 e. The molecule has 0 bridgehead atoms. The second-order valence-electron chi connectivity index (χ2n) is 5.99. The first-order valence-corrected chi connectivity index (χ1v) is 9.31. The molecule has 1 atom stereocenters. The molecule has 1 aromatic carbocycles. The standard InChI is InChI=1S/C18H25N3O2S/c1-3-22-16-6-4-14(5-7-16)18-20-15(13-24-18)10-19-11-17-12-21(2)8-9-23-17/h4-7,13,17,19H,3,8-12H2,1-2H3. The highest BCUT2D eigenvalue weighted by Gasteiger charge is 2.17. The molecule has 1 aliphatic rings. The first kappa shape index (κ1) is 17.4. The van der Waals surface area contributed by atoms with Crippen LogP contribution in [-0.2, 0) is 11.3 Å². The van der Waals surface area contributed by atoms with Crippen molar-refractivity contribution in [3.63, 3.8) is 0 Å². The quantitative estimate of drug-likeness (QED) is 0.834. The van der Waals surface area contributed by atoms with Gasteiger partial charge in [0.2, 0.25) is 0 Å². The minimum absolute atomic E-state index is 0.271. The minimum atomic E-state index is 0.271. The van der Waals surface area contributed by atoms with Crippen LogP contribution < -0.4 is 10.1 Å². The maximum absolute atomic E-state index is 5.76. The zero-order valence-electron chi connectivity index (χ0n) is 14.3. The van der Waals surface area contributed by atoms with E-state index < -0.39 is 0 Å². The van der Waals surface area contributed by atoms with Crippen molar-refractivity contribution in [3.05, 3.63) is 35.3 Å². The molecule has 6 heteroatoms. The number of likely N-dealkylation sites (N-methyl/N-ethyl adjacent to an activating group) is 1.